The van der Waals surface area contributed by atoms with E-state index in [1.807, 2.05) is 34.9 Å². The number of fused-ring (bicyclic) bond motifs is 3. The second-order valence-corrected chi connectivity index (χ2v) is 7.21. The summed E-state index contributed by atoms with van der Waals surface area (Å²) in [4.78, 5) is 4.67. The van der Waals surface area contributed by atoms with Crippen molar-refractivity contribution in [2.24, 2.45) is 0 Å². The Morgan fingerprint density at radius 3 is 2.53 bits per heavy atom. The van der Waals surface area contributed by atoms with E-state index in [0.717, 1.165) is 16.6 Å². The molecule has 0 radical (unpaired) electrons. The molecular formula is C24H18F3N3O2. The lowest BCUT2D eigenvalue weighted by molar-refractivity contribution is -0.0519. The van der Waals surface area contributed by atoms with Crippen molar-refractivity contribution in [1.82, 2.24) is 9.55 Å². The Morgan fingerprint density at radius 1 is 1.00 bits per heavy atom. The van der Waals surface area contributed by atoms with Gasteiger partial charge in [0.25, 0.3) is 0 Å². The van der Waals surface area contributed by atoms with Crippen LogP contribution < -0.4 is 14.8 Å². The zero-order chi connectivity index (χ0) is 22.2. The van der Waals surface area contributed by atoms with Gasteiger partial charge >= 0.3 is 6.61 Å². The van der Waals surface area contributed by atoms with Gasteiger partial charge in [-0.2, -0.15) is 8.78 Å². The minimum atomic E-state index is -3.02. The lowest BCUT2D eigenvalue weighted by Gasteiger charge is -2.28. The number of nitrogens with zero attached hydrogens (tertiary/aromatic N) is 2. The zero-order valence-electron chi connectivity index (χ0n) is 16.9. The van der Waals surface area contributed by atoms with Crippen LogP contribution in [0.5, 0.6) is 11.5 Å². The van der Waals surface area contributed by atoms with Gasteiger partial charge in [0.05, 0.1) is 24.2 Å². The van der Waals surface area contributed by atoms with Crippen LogP contribution in [0.25, 0.3) is 16.7 Å². The molecule has 8 heteroatoms. The summed E-state index contributed by atoms with van der Waals surface area (Å²) in [6.45, 7) is -3.02. The number of allylic oxidation sites excluding steroid dienone is 1. The standard InChI is InChI=1S/C24H18F3N3O2/c1-31-21-8-4-5-16(22(21)32-23(26)27)20-13-18(14-9-11-15(25)12-10-14)29-24-28-17-6-2-3-7-19(17)30(20)24/h2-13,20,23H,1H3,(H,28,29). The molecule has 1 aliphatic heterocycles. The van der Waals surface area contributed by atoms with Crippen LogP contribution in [-0.2, 0) is 0 Å². The fraction of sp³-hybridized carbons (Fsp3) is 0.125. The third-order valence-corrected chi connectivity index (χ3v) is 5.36. The molecule has 0 aliphatic carbocycles. The van der Waals surface area contributed by atoms with Gasteiger partial charge in [0.1, 0.15) is 5.82 Å². The Balaban J connectivity index is 1.75. The molecule has 3 aromatic carbocycles. The number of methoxy groups -OCH3 is 1. The molecule has 162 valence electrons. The summed E-state index contributed by atoms with van der Waals surface area (Å²) < 4.78 is 52.2. The van der Waals surface area contributed by atoms with E-state index in [1.165, 1.54) is 19.2 Å². The van der Waals surface area contributed by atoms with E-state index in [4.69, 9.17) is 9.47 Å². The number of alkyl halides is 2. The van der Waals surface area contributed by atoms with E-state index in [0.29, 0.717) is 17.2 Å². The Labute approximate surface area is 181 Å². The maximum absolute atomic E-state index is 13.5. The number of nitrogens with one attached hydrogen (secondary N) is 1. The number of ether oxygens (including phenoxy) is 2. The van der Waals surface area contributed by atoms with Crippen molar-refractivity contribution in [3.05, 3.63) is 89.8 Å². The first kappa shape index (κ1) is 20.0. The first-order chi connectivity index (χ1) is 15.5. The number of rotatable bonds is 5. The number of para-hydroxylation sites is 3. The van der Waals surface area contributed by atoms with Crippen LogP contribution in [0.15, 0.2) is 72.8 Å². The Kier molecular flexibility index (Phi) is 4.97. The molecule has 1 atom stereocenters. The van der Waals surface area contributed by atoms with Crippen LogP contribution in [0.1, 0.15) is 17.2 Å². The van der Waals surface area contributed by atoms with E-state index in [1.54, 1.807) is 30.3 Å². The van der Waals surface area contributed by atoms with Crippen molar-refractivity contribution in [1.29, 1.82) is 0 Å². The molecule has 0 fully saturated rings. The van der Waals surface area contributed by atoms with E-state index in [9.17, 15) is 13.2 Å². The molecule has 0 saturated heterocycles. The number of hydrogen-bond acceptors (Lipinski definition) is 4. The maximum atomic E-state index is 13.5. The van der Waals surface area contributed by atoms with Crippen LogP contribution in [0.2, 0.25) is 0 Å². The maximum Gasteiger partial charge on any atom is 0.387 e. The third-order valence-electron chi connectivity index (χ3n) is 5.36. The summed E-state index contributed by atoms with van der Waals surface area (Å²) in [5.74, 6) is 0.331. The number of halogens is 3. The molecule has 5 nitrogen and oxygen atoms in total. The lowest BCUT2D eigenvalue weighted by atomic mass is 9.99. The van der Waals surface area contributed by atoms with Crippen LogP contribution in [-0.4, -0.2) is 23.3 Å². The molecule has 5 rings (SSSR count). The number of imidazole rings is 1. The van der Waals surface area contributed by atoms with Crippen molar-refractivity contribution < 1.29 is 22.6 Å². The van der Waals surface area contributed by atoms with Crippen molar-refractivity contribution >= 4 is 22.7 Å². The van der Waals surface area contributed by atoms with E-state index in [-0.39, 0.29) is 17.3 Å². The number of hydrogen-bond donors (Lipinski definition) is 1. The van der Waals surface area contributed by atoms with Gasteiger partial charge in [0, 0.05) is 11.3 Å². The summed E-state index contributed by atoms with van der Waals surface area (Å²) in [5.41, 5.74) is 3.45. The van der Waals surface area contributed by atoms with E-state index in [2.05, 4.69) is 10.3 Å². The summed E-state index contributed by atoms with van der Waals surface area (Å²) in [5, 5.41) is 3.28. The molecule has 32 heavy (non-hydrogen) atoms. The number of aromatic nitrogens is 2. The van der Waals surface area contributed by atoms with Crippen molar-refractivity contribution in [2.75, 3.05) is 12.4 Å². The average molecular weight is 437 g/mol. The van der Waals surface area contributed by atoms with Gasteiger partial charge in [-0.15, -0.1) is 0 Å². The van der Waals surface area contributed by atoms with Gasteiger partial charge in [-0.25, -0.2) is 9.37 Å². The highest BCUT2D eigenvalue weighted by molar-refractivity contribution is 5.85. The molecule has 1 aliphatic rings. The summed E-state index contributed by atoms with van der Waals surface area (Å²) >= 11 is 0. The molecule has 0 amide bonds. The van der Waals surface area contributed by atoms with Crippen LogP contribution in [0.3, 0.4) is 0 Å². The topological polar surface area (TPSA) is 48.3 Å². The van der Waals surface area contributed by atoms with Gasteiger partial charge in [-0.3, -0.25) is 4.57 Å². The van der Waals surface area contributed by atoms with Crippen LogP contribution in [0.4, 0.5) is 19.1 Å². The normalized spacial score (nSPS) is 15.3. The second-order valence-electron chi connectivity index (χ2n) is 7.21. The molecule has 1 unspecified atom stereocenters. The monoisotopic (exact) mass is 437 g/mol. The third kappa shape index (κ3) is 3.43. The van der Waals surface area contributed by atoms with E-state index >= 15 is 0 Å². The molecule has 1 aromatic heterocycles. The lowest BCUT2D eigenvalue weighted by Crippen LogP contribution is -2.20. The second kappa shape index (κ2) is 7.96. The number of benzene rings is 3. The summed E-state index contributed by atoms with van der Waals surface area (Å²) in [6.07, 6.45) is 1.88. The first-order valence-corrected chi connectivity index (χ1v) is 9.88. The fourth-order valence-corrected chi connectivity index (χ4v) is 3.98. The molecule has 0 bridgehead atoms. The summed E-state index contributed by atoms with van der Waals surface area (Å²) in [7, 11) is 1.40. The predicted octanol–water partition coefficient (Wildman–Crippen LogP) is 5.84. The van der Waals surface area contributed by atoms with Crippen molar-refractivity contribution in [2.45, 2.75) is 12.7 Å². The van der Waals surface area contributed by atoms with Gasteiger partial charge in [-0.05, 0) is 54.1 Å². The average Bonchev–Trinajstić information content (AvgIpc) is 3.17. The molecule has 0 spiro atoms. The molecule has 4 aromatic rings. The van der Waals surface area contributed by atoms with Crippen LogP contribution >= 0.6 is 0 Å². The quantitative estimate of drug-likeness (QED) is 0.426. The SMILES string of the molecule is COc1cccc(C2C=C(c3ccc(F)cc3)Nc3nc4ccccc4n32)c1OC(F)F. The highest BCUT2D eigenvalue weighted by Gasteiger charge is 2.29. The van der Waals surface area contributed by atoms with Crippen molar-refractivity contribution in [3.8, 4) is 11.5 Å². The first-order valence-electron chi connectivity index (χ1n) is 9.88. The highest BCUT2D eigenvalue weighted by atomic mass is 19.3. The smallest absolute Gasteiger partial charge is 0.387 e. The molecule has 1 N–H and O–H groups in total. The van der Waals surface area contributed by atoms with Gasteiger partial charge in [0.15, 0.2) is 11.5 Å². The van der Waals surface area contributed by atoms with Gasteiger partial charge in [0.2, 0.25) is 5.95 Å². The zero-order valence-corrected chi connectivity index (χ0v) is 16.9. The molecular weight excluding hydrogens is 419 g/mol. The van der Waals surface area contributed by atoms with Gasteiger partial charge in [-0.1, -0.05) is 24.3 Å². The van der Waals surface area contributed by atoms with Crippen molar-refractivity contribution in [3.63, 3.8) is 0 Å². The minimum Gasteiger partial charge on any atom is -0.493 e. The fourth-order valence-electron chi connectivity index (χ4n) is 3.98. The van der Waals surface area contributed by atoms with E-state index < -0.39 is 12.7 Å². The Hall–Kier alpha value is -3.94. The predicted molar refractivity (Wildman–Crippen MR) is 115 cm³/mol. The Morgan fingerprint density at radius 2 is 1.78 bits per heavy atom. The summed E-state index contributed by atoms with van der Waals surface area (Å²) in [6, 6.07) is 18.0. The largest absolute Gasteiger partial charge is 0.493 e. The molecule has 2 heterocycles. The van der Waals surface area contributed by atoms with Gasteiger partial charge < -0.3 is 14.8 Å². The number of anilines is 1. The Bertz CT molecular complexity index is 1320. The minimum absolute atomic E-state index is 0.0460. The highest BCUT2D eigenvalue weighted by Crippen LogP contribution is 2.43. The molecule has 0 saturated carbocycles. The van der Waals surface area contributed by atoms with Crippen LogP contribution in [0, 0.1) is 5.82 Å².